The van der Waals surface area contributed by atoms with Gasteiger partial charge in [-0.25, -0.2) is 9.97 Å². The number of nitrogens with one attached hydrogen (secondary N) is 1. The van der Waals surface area contributed by atoms with Crippen molar-refractivity contribution in [3.05, 3.63) is 53.5 Å². The summed E-state index contributed by atoms with van der Waals surface area (Å²) in [5.74, 6) is 1.45. The normalized spacial score (nSPS) is 17.9. The van der Waals surface area contributed by atoms with Gasteiger partial charge < -0.3 is 10.1 Å². The van der Waals surface area contributed by atoms with Crippen LogP contribution in [0.5, 0.6) is 0 Å². The fourth-order valence-corrected chi connectivity index (χ4v) is 3.20. The van der Waals surface area contributed by atoms with Crippen molar-refractivity contribution in [2.75, 3.05) is 25.0 Å². The molecule has 0 bridgehead atoms. The maximum Gasteiger partial charge on any atom is 0.228 e. The molecule has 1 amide bonds. The van der Waals surface area contributed by atoms with Crippen molar-refractivity contribution in [1.82, 2.24) is 14.9 Å². The quantitative estimate of drug-likeness (QED) is 0.848. The summed E-state index contributed by atoms with van der Waals surface area (Å²) in [5.41, 5.74) is 2.13. The van der Waals surface area contributed by atoms with Gasteiger partial charge in [-0.1, -0.05) is 44.2 Å². The molecule has 1 atom stereocenters. The molecule has 144 valence electrons. The van der Waals surface area contributed by atoms with E-state index in [1.54, 1.807) is 6.07 Å². The van der Waals surface area contributed by atoms with Gasteiger partial charge in [0.15, 0.2) is 0 Å². The van der Waals surface area contributed by atoms with Crippen LogP contribution in [0, 0.1) is 6.92 Å². The summed E-state index contributed by atoms with van der Waals surface area (Å²) in [4.78, 5) is 23.7. The lowest BCUT2D eigenvalue weighted by Crippen LogP contribution is -2.43. The Balaban J connectivity index is 1.54. The standard InChI is InChI=1S/C21H28N4O2/c1-15(2)21-22-16(3)11-19(24-21)23-20(26)12-18-14-25(9-10-27-18)13-17-7-5-4-6-8-17/h4-8,11,15,18H,9-10,12-14H2,1-3H3,(H,22,23,24,26). The Labute approximate surface area is 161 Å². The van der Waals surface area contributed by atoms with Gasteiger partial charge in [-0.15, -0.1) is 0 Å². The molecular weight excluding hydrogens is 340 g/mol. The average Bonchev–Trinajstić information content (AvgIpc) is 2.62. The van der Waals surface area contributed by atoms with Gasteiger partial charge in [-0.2, -0.15) is 0 Å². The van der Waals surface area contributed by atoms with Crippen molar-refractivity contribution in [3.8, 4) is 0 Å². The fraction of sp³-hybridized carbons (Fsp3) is 0.476. The van der Waals surface area contributed by atoms with Gasteiger partial charge in [0, 0.05) is 37.3 Å². The Hall–Kier alpha value is -2.31. The predicted molar refractivity (Wildman–Crippen MR) is 106 cm³/mol. The number of aryl methyl sites for hydroxylation is 1. The first-order chi connectivity index (χ1) is 13.0. The summed E-state index contributed by atoms with van der Waals surface area (Å²) in [6.07, 6.45) is 0.223. The molecule has 0 saturated carbocycles. The second-order valence-corrected chi connectivity index (χ2v) is 7.37. The number of carbonyl (C=O) groups is 1. The topological polar surface area (TPSA) is 67.4 Å². The molecule has 2 aromatic rings. The molecule has 27 heavy (non-hydrogen) atoms. The highest BCUT2D eigenvalue weighted by atomic mass is 16.5. The largest absolute Gasteiger partial charge is 0.375 e. The van der Waals surface area contributed by atoms with E-state index in [4.69, 9.17) is 4.74 Å². The summed E-state index contributed by atoms with van der Waals surface area (Å²) in [6, 6.07) is 12.2. The second-order valence-electron chi connectivity index (χ2n) is 7.37. The van der Waals surface area contributed by atoms with Crippen molar-refractivity contribution in [3.63, 3.8) is 0 Å². The van der Waals surface area contributed by atoms with E-state index in [2.05, 4.69) is 44.5 Å². The number of aromatic nitrogens is 2. The number of morpholine rings is 1. The van der Waals surface area contributed by atoms with Crippen LogP contribution < -0.4 is 5.32 Å². The van der Waals surface area contributed by atoms with Gasteiger partial charge in [0.05, 0.1) is 19.1 Å². The van der Waals surface area contributed by atoms with Crippen molar-refractivity contribution in [1.29, 1.82) is 0 Å². The molecule has 2 heterocycles. The van der Waals surface area contributed by atoms with E-state index in [9.17, 15) is 4.79 Å². The van der Waals surface area contributed by atoms with E-state index in [1.165, 1.54) is 5.56 Å². The fourth-order valence-electron chi connectivity index (χ4n) is 3.20. The van der Waals surface area contributed by atoms with E-state index < -0.39 is 0 Å². The molecule has 1 saturated heterocycles. The maximum absolute atomic E-state index is 12.5. The van der Waals surface area contributed by atoms with Crippen LogP contribution in [0.2, 0.25) is 0 Å². The minimum atomic E-state index is -0.102. The van der Waals surface area contributed by atoms with Gasteiger partial charge >= 0.3 is 0 Å². The highest BCUT2D eigenvalue weighted by Gasteiger charge is 2.23. The number of nitrogens with zero attached hydrogens (tertiary/aromatic N) is 3. The third kappa shape index (κ3) is 5.84. The first kappa shape index (κ1) is 19.5. The molecule has 1 aromatic heterocycles. The lowest BCUT2D eigenvalue weighted by atomic mass is 10.1. The van der Waals surface area contributed by atoms with E-state index in [0.717, 1.165) is 31.2 Å². The number of carbonyl (C=O) groups excluding carboxylic acids is 1. The van der Waals surface area contributed by atoms with E-state index in [-0.39, 0.29) is 17.9 Å². The number of hydrogen-bond acceptors (Lipinski definition) is 5. The predicted octanol–water partition coefficient (Wildman–Crippen LogP) is 3.14. The minimum absolute atomic E-state index is 0.0747. The third-order valence-electron chi connectivity index (χ3n) is 4.54. The molecule has 1 aliphatic rings. The van der Waals surface area contributed by atoms with Gasteiger partial charge in [0.2, 0.25) is 5.91 Å². The SMILES string of the molecule is Cc1cc(NC(=O)CC2CN(Cc3ccccc3)CCO2)nc(C(C)C)n1. The third-order valence-corrected chi connectivity index (χ3v) is 4.54. The first-order valence-corrected chi connectivity index (χ1v) is 9.53. The molecule has 1 fully saturated rings. The van der Waals surface area contributed by atoms with Crippen molar-refractivity contribution >= 4 is 11.7 Å². The molecular formula is C21H28N4O2. The first-order valence-electron chi connectivity index (χ1n) is 9.53. The second kappa shape index (κ2) is 9.06. The Morgan fingerprint density at radius 1 is 1.30 bits per heavy atom. The molecule has 1 aromatic carbocycles. The average molecular weight is 368 g/mol. The monoisotopic (exact) mass is 368 g/mol. The molecule has 3 rings (SSSR count). The molecule has 6 nitrogen and oxygen atoms in total. The van der Waals surface area contributed by atoms with Gasteiger partial charge in [0.1, 0.15) is 11.6 Å². The van der Waals surface area contributed by atoms with Crippen LogP contribution in [-0.4, -0.2) is 46.6 Å². The smallest absolute Gasteiger partial charge is 0.228 e. The number of hydrogen-bond donors (Lipinski definition) is 1. The van der Waals surface area contributed by atoms with Crippen LogP contribution in [0.4, 0.5) is 5.82 Å². The summed E-state index contributed by atoms with van der Waals surface area (Å²) < 4.78 is 5.80. The Morgan fingerprint density at radius 3 is 2.81 bits per heavy atom. The van der Waals surface area contributed by atoms with Crippen molar-refractivity contribution in [2.24, 2.45) is 0 Å². The molecule has 1 unspecified atom stereocenters. The molecule has 0 aliphatic carbocycles. The molecule has 0 radical (unpaired) electrons. The zero-order valence-electron chi connectivity index (χ0n) is 16.3. The minimum Gasteiger partial charge on any atom is -0.375 e. The lowest BCUT2D eigenvalue weighted by Gasteiger charge is -2.32. The Morgan fingerprint density at radius 2 is 2.07 bits per heavy atom. The highest BCUT2D eigenvalue weighted by molar-refractivity contribution is 5.90. The molecule has 1 aliphatic heterocycles. The van der Waals surface area contributed by atoms with E-state index in [0.29, 0.717) is 18.8 Å². The van der Waals surface area contributed by atoms with E-state index >= 15 is 0 Å². The number of anilines is 1. The number of amides is 1. The Kier molecular flexibility index (Phi) is 6.53. The van der Waals surface area contributed by atoms with Crippen LogP contribution in [0.3, 0.4) is 0 Å². The van der Waals surface area contributed by atoms with Crippen molar-refractivity contribution < 1.29 is 9.53 Å². The van der Waals surface area contributed by atoms with Crippen LogP contribution in [0.15, 0.2) is 36.4 Å². The number of ether oxygens (including phenoxy) is 1. The van der Waals surface area contributed by atoms with Gasteiger partial charge in [0.25, 0.3) is 0 Å². The van der Waals surface area contributed by atoms with E-state index in [1.807, 2.05) is 26.8 Å². The summed E-state index contributed by atoms with van der Waals surface area (Å²) in [7, 11) is 0. The highest BCUT2D eigenvalue weighted by Crippen LogP contribution is 2.16. The van der Waals surface area contributed by atoms with Crippen LogP contribution in [0.1, 0.15) is 43.3 Å². The zero-order chi connectivity index (χ0) is 19.2. The van der Waals surface area contributed by atoms with Crippen molar-refractivity contribution in [2.45, 2.75) is 45.8 Å². The lowest BCUT2D eigenvalue weighted by molar-refractivity contribution is -0.121. The summed E-state index contributed by atoms with van der Waals surface area (Å²) in [6.45, 7) is 9.16. The summed E-state index contributed by atoms with van der Waals surface area (Å²) in [5, 5.41) is 2.90. The van der Waals surface area contributed by atoms with Gasteiger partial charge in [-0.3, -0.25) is 9.69 Å². The summed E-state index contributed by atoms with van der Waals surface area (Å²) >= 11 is 0. The van der Waals surface area contributed by atoms with Crippen LogP contribution >= 0.6 is 0 Å². The van der Waals surface area contributed by atoms with Crippen LogP contribution in [0.25, 0.3) is 0 Å². The molecule has 6 heteroatoms. The van der Waals surface area contributed by atoms with Crippen LogP contribution in [-0.2, 0) is 16.1 Å². The molecule has 0 spiro atoms. The zero-order valence-corrected chi connectivity index (χ0v) is 16.3. The maximum atomic E-state index is 12.5. The molecule has 1 N–H and O–H groups in total. The number of benzene rings is 1. The Bertz CT molecular complexity index is 764. The number of rotatable bonds is 6. The van der Waals surface area contributed by atoms with Gasteiger partial charge in [-0.05, 0) is 12.5 Å².